The first kappa shape index (κ1) is 19.2. The monoisotopic (exact) mass is 397 g/mol. The molecule has 0 radical (unpaired) electrons. The summed E-state index contributed by atoms with van der Waals surface area (Å²) in [6.45, 7) is 3.70. The summed E-state index contributed by atoms with van der Waals surface area (Å²) in [7, 11) is 0. The minimum absolute atomic E-state index is 0.0245. The molecule has 29 heavy (non-hydrogen) atoms. The molecule has 0 fully saturated rings. The number of fused-ring (bicyclic) bond motifs is 1. The molecule has 0 aliphatic carbocycles. The van der Waals surface area contributed by atoms with Crippen molar-refractivity contribution in [2.75, 3.05) is 0 Å². The molecule has 150 valence electrons. The van der Waals surface area contributed by atoms with E-state index < -0.39 is 23.3 Å². The van der Waals surface area contributed by atoms with Gasteiger partial charge in [0.25, 0.3) is 0 Å². The Balaban J connectivity index is 1.89. The number of nitrogens with zero attached hydrogens (tertiary/aromatic N) is 5. The molecular weight excluding hydrogens is 376 g/mol. The first-order valence-corrected chi connectivity index (χ1v) is 9.40. The number of aromatic nitrogens is 5. The van der Waals surface area contributed by atoms with Crippen LogP contribution in [0, 0.1) is 11.6 Å². The Bertz CT molecular complexity index is 1140. The molecule has 2 heterocycles. The van der Waals surface area contributed by atoms with Crippen molar-refractivity contribution in [1.82, 2.24) is 24.5 Å². The minimum atomic E-state index is -1.75. The highest BCUT2D eigenvalue weighted by atomic mass is 19.1. The van der Waals surface area contributed by atoms with Gasteiger partial charge in [0.15, 0.2) is 0 Å². The lowest BCUT2D eigenvalue weighted by Gasteiger charge is -2.35. The molecule has 0 amide bonds. The second-order valence-corrected chi connectivity index (χ2v) is 7.08. The van der Waals surface area contributed by atoms with Crippen LogP contribution in [0.15, 0.2) is 55.1 Å². The number of rotatable bonds is 6. The number of aliphatic hydroxyl groups is 1. The standard InChI is InChI=1S/C21H21F2N5O/c1-3-20-16-6-4-5-7-19(16)26-28(20)14(2)21(29,11-27-13-24-12-25-27)17-9-8-15(22)10-18(17)23/h4-10,12-14,29H,3,11H2,1-2H3/t14-,21-/m1/s1. The third-order valence-corrected chi connectivity index (χ3v) is 5.37. The van der Waals surface area contributed by atoms with Crippen LogP contribution in [0.25, 0.3) is 10.9 Å². The minimum Gasteiger partial charge on any atom is -0.381 e. The average molecular weight is 397 g/mol. The highest BCUT2D eigenvalue weighted by Gasteiger charge is 2.41. The molecule has 6 nitrogen and oxygen atoms in total. The van der Waals surface area contributed by atoms with E-state index in [0.29, 0.717) is 6.42 Å². The fourth-order valence-corrected chi connectivity index (χ4v) is 3.82. The first-order chi connectivity index (χ1) is 13.9. The van der Waals surface area contributed by atoms with Gasteiger partial charge in [-0.25, -0.2) is 18.4 Å². The molecule has 1 N–H and O–H groups in total. The fourth-order valence-electron chi connectivity index (χ4n) is 3.82. The molecule has 0 saturated heterocycles. The van der Waals surface area contributed by atoms with Crippen LogP contribution in [-0.2, 0) is 18.6 Å². The lowest BCUT2D eigenvalue weighted by Crippen LogP contribution is -2.41. The summed E-state index contributed by atoms with van der Waals surface area (Å²) >= 11 is 0. The van der Waals surface area contributed by atoms with Gasteiger partial charge in [0.05, 0.1) is 18.1 Å². The fraction of sp³-hybridized carbons (Fsp3) is 0.286. The Labute approximate surface area is 166 Å². The lowest BCUT2D eigenvalue weighted by atomic mass is 9.86. The highest BCUT2D eigenvalue weighted by Crippen LogP contribution is 2.38. The van der Waals surface area contributed by atoms with Crippen LogP contribution in [-0.4, -0.2) is 29.7 Å². The lowest BCUT2D eigenvalue weighted by molar-refractivity contribution is -0.0374. The summed E-state index contributed by atoms with van der Waals surface area (Å²) in [4.78, 5) is 3.90. The molecule has 0 unspecified atom stereocenters. The zero-order chi connectivity index (χ0) is 20.6. The second-order valence-electron chi connectivity index (χ2n) is 7.08. The van der Waals surface area contributed by atoms with Gasteiger partial charge >= 0.3 is 0 Å². The van der Waals surface area contributed by atoms with Gasteiger partial charge in [0.1, 0.15) is 29.9 Å². The van der Waals surface area contributed by atoms with E-state index in [4.69, 9.17) is 0 Å². The number of benzene rings is 2. The number of hydrogen-bond donors (Lipinski definition) is 1. The number of hydrogen-bond acceptors (Lipinski definition) is 4. The number of aryl methyl sites for hydroxylation is 1. The van der Waals surface area contributed by atoms with Crippen molar-refractivity contribution in [2.24, 2.45) is 0 Å². The molecule has 0 aliphatic rings. The molecule has 0 saturated carbocycles. The predicted octanol–water partition coefficient (Wildman–Crippen LogP) is 3.62. The van der Waals surface area contributed by atoms with Gasteiger partial charge in [-0.15, -0.1) is 0 Å². The molecule has 8 heteroatoms. The van der Waals surface area contributed by atoms with Crippen LogP contribution in [0.2, 0.25) is 0 Å². The van der Waals surface area contributed by atoms with Crippen molar-refractivity contribution in [3.8, 4) is 0 Å². The van der Waals surface area contributed by atoms with Gasteiger partial charge in [0, 0.05) is 22.7 Å². The van der Waals surface area contributed by atoms with Crippen molar-refractivity contribution < 1.29 is 13.9 Å². The summed E-state index contributed by atoms with van der Waals surface area (Å²) in [6.07, 6.45) is 3.46. The molecule has 2 aromatic heterocycles. The molecule has 2 aromatic carbocycles. The van der Waals surface area contributed by atoms with Crippen LogP contribution in [0.5, 0.6) is 0 Å². The Morgan fingerprint density at radius 1 is 1.17 bits per heavy atom. The topological polar surface area (TPSA) is 68.8 Å². The maximum absolute atomic E-state index is 14.8. The maximum Gasteiger partial charge on any atom is 0.137 e. The van der Waals surface area contributed by atoms with Gasteiger partial charge in [0.2, 0.25) is 0 Å². The van der Waals surface area contributed by atoms with Crippen molar-refractivity contribution in [3.63, 3.8) is 0 Å². The molecule has 0 spiro atoms. The normalized spacial score (nSPS) is 14.8. The molecule has 0 aliphatic heterocycles. The van der Waals surface area contributed by atoms with E-state index in [-0.39, 0.29) is 12.1 Å². The summed E-state index contributed by atoms with van der Waals surface area (Å²) in [5.41, 5.74) is -0.0627. The smallest absolute Gasteiger partial charge is 0.137 e. The molecule has 2 atom stereocenters. The van der Waals surface area contributed by atoms with Crippen molar-refractivity contribution in [1.29, 1.82) is 0 Å². The van der Waals surface area contributed by atoms with E-state index >= 15 is 0 Å². The zero-order valence-corrected chi connectivity index (χ0v) is 16.1. The van der Waals surface area contributed by atoms with Crippen LogP contribution in [0.3, 0.4) is 0 Å². The third-order valence-electron chi connectivity index (χ3n) is 5.37. The van der Waals surface area contributed by atoms with Gasteiger partial charge in [-0.1, -0.05) is 31.2 Å². The second kappa shape index (κ2) is 7.36. The molecule has 4 rings (SSSR count). The largest absolute Gasteiger partial charge is 0.381 e. The van der Waals surface area contributed by atoms with E-state index in [0.717, 1.165) is 28.7 Å². The first-order valence-electron chi connectivity index (χ1n) is 9.40. The summed E-state index contributed by atoms with van der Waals surface area (Å²) < 4.78 is 31.4. The third kappa shape index (κ3) is 3.29. The molecular formula is C21H21F2N5O. The Hall–Kier alpha value is -3.13. The summed E-state index contributed by atoms with van der Waals surface area (Å²) in [6, 6.07) is 10.2. The van der Waals surface area contributed by atoms with Crippen LogP contribution in [0.4, 0.5) is 8.78 Å². The Morgan fingerprint density at radius 2 is 1.97 bits per heavy atom. The number of halogens is 2. The van der Waals surface area contributed by atoms with Crippen LogP contribution in [0.1, 0.15) is 31.1 Å². The zero-order valence-electron chi connectivity index (χ0n) is 16.1. The highest BCUT2D eigenvalue weighted by molar-refractivity contribution is 5.81. The predicted molar refractivity (Wildman–Crippen MR) is 104 cm³/mol. The van der Waals surface area contributed by atoms with Gasteiger partial charge in [-0.3, -0.25) is 4.68 Å². The van der Waals surface area contributed by atoms with Crippen molar-refractivity contribution in [2.45, 2.75) is 38.5 Å². The van der Waals surface area contributed by atoms with E-state index in [1.54, 1.807) is 11.6 Å². The van der Waals surface area contributed by atoms with Gasteiger partial charge in [-0.05, 0) is 25.5 Å². The van der Waals surface area contributed by atoms with E-state index in [1.807, 2.05) is 31.2 Å². The van der Waals surface area contributed by atoms with Crippen molar-refractivity contribution >= 4 is 10.9 Å². The average Bonchev–Trinajstić information content (AvgIpc) is 3.34. The van der Waals surface area contributed by atoms with Crippen molar-refractivity contribution in [3.05, 3.63) is 78.0 Å². The Kier molecular flexibility index (Phi) is 4.87. The van der Waals surface area contributed by atoms with Gasteiger partial charge < -0.3 is 5.11 Å². The molecule has 4 aromatic rings. The quantitative estimate of drug-likeness (QED) is 0.540. The van der Waals surface area contributed by atoms with Gasteiger partial charge in [-0.2, -0.15) is 10.2 Å². The van der Waals surface area contributed by atoms with E-state index in [1.165, 1.54) is 23.4 Å². The van der Waals surface area contributed by atoms with Crippen LogP contribution >= 0.6 is 0 Å². The van der Waals surface area contributed by atoms with E-state index in [2.05, 4.69) is 15.2 Å². The summed E-state index contributed by atoms with van der Waals surface area (Å²) in [5.74, 6) is -1.53. The summed E-state index contributed by atoms with van der Waals surface area (Å²) in [5, 5.41) is 21.5. The SMILES string of the molecule is CCc1c2ccccc2nn1[C@H](C)[C@](O)(Cn1cncn1)c1ccc(F)cc1F. The van der Waals surface area contributed by atoms with E-state index in [9.17, 15) is 13.9 Å². The van der Waals surface area contributed by atoms with Crippen LogP contribution < -0.4 is 0 Å². The molecule has 0 bridgehead atoms. The Morgan fingerprint density at radius 3 is 2.66 bits per heavy atom. The maximum atomic E-state index is 14.8.